The van der Waals surface area contributed by atoms with E-state index in [0.29, 0.717) is 10.2 Å². The van der Waals surface area contributed by atoms with Gasteiger partial charge in [-0.25, -0.2) is 9.78 Å². The number of rotatable bonds is 2. The summed E-state index contributed by atoms with van der Waals surface area (Å²) < 4.78 is 6.09. The van der Waals surface area contributed by atoms with Crippen LogP contribution in [0.2, 0.25) is 0 Å². The molecule has 21 heavy (non-hydrogen) atoms. The van der Waals surface area contributed by atoms with Gasteiger partial charge in [0, 0.05) is 13.1 Å². The number of ether oxygens (including phenoxy) is 1. The molecule has 0 aliphatic carbocycles. The van der Waals surface area contributed by atoms with Crippen LogP contribution in [0.4, 0.5) is 5.82 Å². The number of halogens is 1. The first kappa shape index (κ1) is 16.3. The summed E-state index contributed by atoms with van der Waals surface area (Å²) >= 11 is 3.39. The molecule has 0 bridgehead atoms. The minimum Gasteiger partial charge on any atom is -0.455 e. The number of esters is 1. The van der Waals surface area contributed by atoms with E-state index in [1.54, 1.807) is 0 Å². The molecule has 1 fully saturated rings. The van der Waals surface area contributed by atoms with Gasteiger partial charge in [0.05, 0.1) is 4.47 Å². The largest absolute Gasteiger partial charge is 0.455 e. The maximum atomic E-state index is 12.2. The van der Waals surface area contributed by atoms with Crippen LogP contribution < -0.4 is 4.90 Å². The molecule has 1 aromatic heterocycles. The normalized spacial score (nSPS) is 16.9. The molecule has 2 heterocycles. The van der Waals surface area contributed by atoms with Gasteiger partial charge in [-0.05, 0) is 67.6 Å². The number of carbonyl (C=O) groups excluding carboxylic acids is 1. The summed E-state index contributed by atoms with van der Waals surface area (Å²) in [6, 6.07) is 3.83. The highest BCUT2D eigenvalue weighted by Crippen LogP contribution is 2.25. The van der Waals surface area contributed by atoms with Crippen molar-refractivity contribution >= 4 is 27.7 Å². The smallest absolute Gasteiger partial charge is 0.358 e. The van der Waals surface area contributed by atoms with Gasteiger partial charge in [-0.2, -0.15) is 0 Å². The molecule has 0 unspecified atom stereocenters. The molecule has 4 nitrogen and oxygen atoms in total. The van der Waals surface area contributed by atoms with E-state index in [-0.39, 0.29) is 5.97 Å². The SMILES string of the molecule is CC1CCN(c2ccc(Br)c(C(=O)OC(C)(C)C)n2)CC1. The van der Waals surface area contributed by atoms with E-state index >= 15 is 0 Å². The molecule has 0 N–H and O–H groups in total. The molecular formula is C16H23BrN2O2. The Morgan fingerprint density at radius 2 is 1.95 bits per heavy atom. The van der Waals surface area contributed by atoms with Crippen molar-refractivity contribution in [1.82, 2.24) is 4.98 Å². The molecule has 116 valence electrons. The minimum atomic E-state index is -0.519. The highest BCUT2D eigenvalue weighted by Gasteiger charge is 2.23. The summed E-state index contributed by atoms with van der Waals surface area (Å²) in [7, 11) is 0. The molecule has 0 amide bonds. The second-order valence-corrected chi connectivity index (χ2v) is 7.53. The Hall–Kier alpha value is -1.10. The highest BCUT2D eigenvalue weighted by atomic mass is 79.9. The number of anilines is 1. The monoisotopic (exact) mass is 354 g/mol. The van der Waals surface area contributed by atoms with Crippen LogP contribution in [0.15, 0.2) is 16.6 Å². The third-order valence-electron chi connectivity index (χ3n) is 3.53. The Kier molecular flexibility index (Phi) is 4.91. The van der Waals surface area contributed by atoms with Gasteiger partial charge in [-0.1, -0.05) is 6.92 Å². The number of aromatic nitrogens is 1. The number of nitrogens with zero attached hydrogens (tertiary/aromatic N) is 2. The van der Waals surface area contributed by atoms with Gasteiger partial charge in [0.15, 0.2) is 5.69 Å². The average Bonchev–Trinajstić information content (AvgIpc) is 2.38. The summed E-state index contributed by atoms with van der Waals surface area (Å²) in [5, 5.41) is 0. The van der Waals surface area contributed by atoms with Gasteiger partial charge in [-0.3, -0.25) is 0 Å². The average molecular weight is 355 g/mol. The van der Waals surface area contributed by atoms with Crippen LogP contribution in [0.3, 0.4) is 0 Å². The predicted octanol–water partition coefficient (Wildman–Crippen LogP) is 4.04. The van der Waals surface area contributed by atoms with Crippen LogP contribution in [0.1, 0.15) is 51.0 Å². The third-order valence-corrected chi connectivity index (χ3v) is 4.17. The fraction of sp³-hybridized carbons (Fsp3) is 0.625. The lowest BCUT2D eigenvalue weighted by Crippen LogP contribution is -2.34. The molecule has 1 saturated heterocycles. The van der Waals surface area contributed by atoms with Crippen molar-refractivity contribution in [2.24, 2.45) is 5.92 Å². The van der Waals surface area contributed by atoms with Gasteiger partial charge >= 0.3 is 5.97 Å². The first-order valence-corrected chi connectivity index (χ1v) is 8.20. The van der Waals surface area contributed by atoms with Crippen molar-refractivity contribution in [2.75, 3.05) is 18.0 Å². The minimum absolute atomic E-state index is 0.348. The van der Waals surface area contributed by atoms with E-state index in [9.17, 15) is 4.79 Å². The van der Waals surface area contributed by atoms with Crippen molar-refractivity contribution in [1.29, 1.82) is 0 Å². The molecular weight excluding hydrogens is 332 g/mol. The Balaban J connectivity index is 2.19. The van der Waals surface area contributed by atoms with Crippen molar-refractivity contribution in [3.05, 3.63) is 22.3 Å². The summed E-state index contributed by atoms with van der Waals surface area (Å²) in [5.74, 6) is 1.23. The van der Waals surface area contributed by atoms with Gasteiger partial charge in [0.1, 0.15) is 11.4 Å². The topological polar surface area (TPSA) is 42.4 Å². The van der Waals surface area contributed by atoms with Crippen molar-refractivity contribution in [3.8, 4) is 0 Å². The third kappa shape index (κ3) is 4.43. The van der Waals surface area contributed by atoms with E-state index in [2.05, 4.69) is 32.7 Å². The molecule has 0 radical (unpaired) electrons. The molecule has 0 saturated carbocycles. The van der Waals surface area contributed by atoms with E-state index in [0.717, 1.165) is 24.8 Å². The summed E-state index contributed by atoms with van der Waals surface area (Å²) in [6.45, 7) is 9.82. The Morgan fingerprint density at radius 1 is 1.33 bits per heavy atom. The van der Waals surface area contributed by atoms with Crippen LogP contribution in [0.25, 0.3) is 0 Å². The highest BCUT2D eigenvalue weighted by molar-refractivity contribution is 9.10. The van der Waals surface area contributed by atoms with Gasteiger partial charge < -0.3 is 9.64 Å². The molecule has 2 rings (SSSR count). The summed E-state index contributed by atoms with van der Waals surface area (Å²) in [6.07, 6.45) is 2.33. The quantitative estimate of drug-likeness (QED) is 0.751. The van der Waals surface area contributed by atoms with Gasteiger partial charge in [0.2, 0.25) is 0 Å². The predicted molar refractivity (Wildman–Crippen MR) is 87.7 cm³/mol. The molecule has 1 aromatic rings. The van der Waals surface area contributed by atoms with Crippen molar-refractivity contribution in [3.63, 3.8) is 0 Å². The van der Waals surface area contributed by atoms with E-state index in [1.807, 2.05) is 32.9 Å². The number of hydrogen-bond donors (Lipinski definition) is 0. The molecule has 0 atom stereocenters. The fourth-order valence-corrected chi connectivity index (χ4v) is 2.70. The lowest BCUT2D eigenvalue weighted by atomic mass is 9.99. The Labute approximate surface area is 135 Å². The lowest BCUT2D eigenvalue weighted by Gasteiger charge is -2.31. The van der Waals surface area contributed by atoms with E-state index < -0.39 is 5.60 Å². The van der Waals surface area contributed by atoms with Gasteiger partial charge in [-0.15, -0.1) is 0 Å². The van der Waals surface area contributed by atoms with Crippen molar-refractivity contribution in [2.45, 2.75) is 46.1 Å². The number of hydrogen-bond acceptors (Lipinski definition) is 4. The first-order valence-electron chi connectivity index (χ1n) is 7.41. The molecule has 0 spiro atoms. The second-order valence-electron chi connectivity index (χ2n) is 6.67. The zero-order valence-electron chi connectivity index (χ0n) is 13.1. The molecule has 1 aliphatic heterocycles. The van der Waals surface area contributed by atoms with Crippen LogP contribution in [-0.4, -0.2) is 29.6 Å². The lowest BCUT2D eigenvalue weighted by molar-refractivity contribution is 0.00618. The van der Waals surface area contributed by atoms with Crippen LogP contribution >= 0.6 is 15.9 Å². The van der Waals surface area contributed by atoms with E-state index in [4.69, 9.17) is 4.74 Å². The molecule has 0 aromatic carbocycles. The number of pyridine rings is 1. The second kappa shape index (κ2) is 6.34. The van der Waals surface area contributed by atoms with Crippen LogP contribution in [-0.2, 0) is 4.74 Å². The Bertz CT molecular complexity index is 517. The standard InChI is InChI=1S/C16H23BrN2O2/c1-11-7-9-19(10-8-11)13-6-5-12(17)14(18-13)15(20)21-16(2,3)4/h5-6,11H,7-10H2,1-4H3. The zero-order valence-corrected chi connectivity index (χ0v) is 14.7. The van der Waals surface area contributed by atoms with Crippen LogP contribution in [0, 0.1) is 5.92 Å². The maximum Gasteiger partial charge on any atom is 0.358 e. The van der Waals surface area contributed by atoms with Crippen molar-refractivity contribution < 1.29 is 9.53 Å². The fourth-order valence-electron chi connectivity index (χ4n) is 2.32. The maximum absolute atomic E-state index is 12.2. The van der Waals surface area contributed by atoms with Gasteiger partial charge in [0.25, 0.3) is 0 Å². The van der Waals surface area contributed by atoms with Crippen LogP contribution in [0.5, 0.6) is 0 Å². The zero-order chi connectivity index (χ0) is 15.6. The summed E-state index contributed by atoms with van der Waals surface area (Å²) in [4.78, 5) is 19.0. The first-order chi connectivity index (χ1) is 9.76. The molecule has 1 aliphatic rings. The number of piperidine rings is 1. The number of carbonyl (C=O) groups is 1. The molecule has 5 heteroatoms. The summed E-state index contributed by atoms with van der Waals surface area (Å²) in [5.41, 5.74) is -0.171. The van der Waals surface area contributed by atoms with E-state index in [1.165, 1.54) is 12.8 Å². The Morgan fingerprint density at radius 3 is 2.52 bits per heavy atom.